The number of amides is 1. The summed E-state index contributed by atoms with van der Waals surface area (Å²) < 4.78 is 0. The number of aryl methyl sites for hydroxylation is 1. The number of likely N-dealkylation sites (tertiary alicyclic amines) is 1. The SMILES string of the molecule is Cc1nc(-c2ccccc2)c(C(=O)N2CCC(C(=O)c3ccc(O)cc3)CC2)s1. The van der Waals surface area contributed by atoms with Crippen LogP contribution in [-0.2, 0) is 0 Å². The second-order valence-electron chi connectivity index (χ2n) is 7.25. The molecule has 1 N–H and O–H groups in total. The topological polar surface area (TPSA) is 70.5 Å². The number of thiazole rings is 1. The number of hydrogen-bond acceptors (Lipinski definition) is 5. The molecule has 6 heteroatoms. The van der Waals surface area contributed by atoms with Crippen LogP contribution in [0.4, 0.5) is 0 Å². The highest BCUT2D eigenvalue weighted by Gasteiger charge is 2.30. The van der Waals surface area contributed by atoms with Crippen molar-refractivity contribution in [1.29, 1.82) is 0 Å². The quantitative estimate of drug-likeness (QED) is 0.645. The molecule has 1 fully saturated rings. The van der Waals surface area contributed by atoms with Gasteiger partial charge in [-0.25, -0.2) is 4.98 Å². The van der Waals surface area contributed by atoms with Crippen LogP contribution in [0.25, 0.3) is 11.3 Å². The lowest BCUT2D eigenvalue weighted by molar-refractivity contribution is 0.0654. The predicted octanol–water partition coefficient (Wildman–Crippen LogP) is 4.56. The number of rotatable bonds is 4. The van der Waals surface area contributed by atoms with Crippen molar-refractivity contribution >= 4 is 23.0 Å². The zero-order valence-corrected chi connectivity index (χ0v) is 17.0. The first kappa shape index (κ1) is 19.3. The Labute approximate surface area is 173 Å². The standard InChI is InChI=1S/C23H22N2O3S/c1-15-24-20(16-5-3-2-4-6-16)22(29-15)23(28)25-13-11-18(12-14-25)21(27)17-7-9-19(26)10-8-17/h2-10,18,26H,11-14H2,1H3. The monoisotopic (exact) mass is 406 g/mol. The highest BCUT2D eigenvalue weighted by Crippen LogP contribution is 2.31. The molecule has 29 heavy (non-hydrogen) atoms. The Bertz CT molecular complexity index is 1020. The third-order valence-corrected chi connectivity index (χ3v) is 6.24. The van der Waals surface area contributed by atoms with E-state index in [1.54, 1.807) is 12.1 Å². The number of piperidine rings is 1. The first-order valence-electron chi connectivity index (χ1n) is 9.68. The fourth-order valence-corrected chi connectivity index (χ4v) is 4.62. The van der Waals surface area contributed by atoms with Gasteiger partial charge in [0.05, 0.1) is 10.7 Å². The van der Waals surface area contributed by atoms with Crippen LogP contribution >= 0.6 is 11.3 Å². The van der Waals surface area contributed by atoms with Crippen molar-refractivity contribution in [3.8, 4) is 17.0 Å². The number of hydrogen-bond donors (Lipinski definition) is 1. The number of aromatic nitrogens is 1. The molecule has 2 aromatic carbocycles. The minimum atomic E-state index is -0.0969. The van der Waals surface area contributed by atoms with E-state index in [9.17, 15) is 14.7 Å². The van der Waals surface area contributed by atoms with Crippen LogP contribution in [0.3, 0.4) is 0 Å². The summed E-state index contributed by atoms with van der Waals surface area (Å²) in [6, 6.07) is 16.1. The summed E-state index contributed by atoms with van der Waals surface area (Å²) in [7, 11) is 0. The first-order valence-corrected chi connectivity index (χ1v) is 10.5. The Hall–Kier alpha value is -2.99. The zero-order valence-electron chi connectivity index (χ0n) is 16.2. The number of ketones is 1. The zero-order chi connectivity index (χ0) is 20.4. The second kappa shape index (κ2) is 8.17. The Morgan fingerprint density at radius 1 is 1.03 bits per heavy atom. The smallest absolute Gasteiger partial charge is 0.266 e. The molecule has 0 aliphatic carbocycles. The molecule has 0 bridgehead atoms. The predicted molar refractivity (Wildman–Crippen MR) is 113 cm³/mol. The average Bonchev–Trinajstić information content (AvgIpc) is 3.16. The van der Waals surface area contributed by atoms with E-state index in [2.05, 4.69) is 4.98 Å². The highest BCUT2D eigenvalue weighted by atomic mass is 32.1. The van der Waals surface area contributed by atoms with Gasteiger partial charge in [0, 0.05) is 30.1 Å². The van der Waals surface area contributed by atoms with Gasteiger partial charge in [-0.2, -0.15) is 0 Å². The number of phenolic OH excluding ortho intramolecular Hbond substituents is 1. The fourth-order valence-electron chi connectivity index (χ4n) is 3.71. The molecule has 2 heterocycles. The Balaban J connectivity index is 1.46. The van der Waals surface area contributed by atoms with E-state index in [1.807, 2.05) is 42.2 Å². The molecule has 1 amide bonds. The van der Waals surface area contributed by atoms with Gasteiger partial charge in [0.2, 0.25) is 0 Å². The van der Waals surface area contributed by atoms with E-state index in [0.717, 1.165) is 16.3 Å². The Morgan fingerprint density at radius 2 is 1.69 bits per heavy atom. The van der Waals surface area contributed by atoms with E-state index >= 15 is 0 Å². The molecule has 0 spiro atoms. The minimum Gasteiger partial charge on any atom is -0.508 e. The van der Waals surface area contributed by atoms with Gasteiger partial charge in [-0.1, -0.05) is 30.3 Å². The van der Waals surface area contributed by atoms with Crippen LogP contribution in [0.1, 0.15) is 37.9 Å². The van der Waals surface area contributed by atoms with Crippen LogP contribution in [0.5, 0.6) is 5.75 Å². The molecule has 0 saturated carbocycles. The number of Topliss-reactive ketones (excluding diaryl/α,β-unsaturated/α-hetero) is 1. The molecule has 3 aromatic rings. The minimum absolute atomic E-state index is 0.00927. The van der Waals surface area contributed by atoms with Crippen molar-refractivity contribution in [2.75, 3.05) is 13.1 Å². The molecule has 1 aromatic heterocycles. The number of carbonyl (C=O) groups is 2. The maximum absolute atomic E-state index is 13.2. The molecule has 1 aliphatic rings. The van der Waals surface area contributed by atoms with Crippen molar-refractivity contribution in [1.82, 2.24) is 9.88 Å². The van der Waals surface area contributed by atoms with E-state index in [-0.39, 0.29) is 23.4 Å². The van der Waals surface area contributed by atoms with E-state index in [0.29, 0.717) is 36.4 Å². The molecule has 5 nitrogen and oxygen atoms in total. The van der Waals surface area contributed by atoms with Crippen molar-refractivity contribution in [3.05, 3.63) is 70.0 Å². The van der Waals surface area contributed by atoms with Gasteiger partial charge in [-0.15, -0.1) is 11.3 Å². The van der Waals surface area contributed by atoms with Crippen molar-refractivity contribution in [2.24, 2.45) is 5.92 Å². The lowest BCUT2D eigenvalue weighted by atomic mass is 9.89. The molecular formula is C23H22N2O3S. The largest absolute Gasteiger partial charge is 0.508 e. The van der Waals surface area contributed by atoms with Crippen LogP contribution in [-0.4, -0.2) is 39.8 Å². The average molecular weight is 407 g/mol. The summed E-state index contributed by atoms with van der Waals surface area (Å²) in [4.78, 5) is 33.0. The van der Waals surface area contributed by atoms with Gasteiger partial charge in [-0.05, 0) is 44.0 Å². The molecule has 148 valence electrons. The lowest BCUT2D eigenvalue weighted by Gasteiger charge is -2.31. The molecule has 1 saturated heterocycles. The van der Waals surface area contributed by atoms with E-state index in [4.69, 9.17) is 0 Å². The summed E-state index contributed by atoms with van der Waals surface area (Å²) in [6.45, 7) is 3.02. The molecule has 0 atom stereocenters. The van der Waals surface area contributed by atoms with Crippen LogP contribution in [0.15, 0.2) is 54.6 Å². The van der Waals surface area contributed by atoms with Crippen molar-refractivity contribution in [2.45, 2.75) is 19.8 Å². The summed E-state index contributed by atoms with van der Waals surface area (Å²) >= 11 is 1.42. The Morgan fingerprint density at radius 3 is 2.34 bits per heavy atom. The summed E-state index contributed by atoms with van der Waals surface area (Å²) in [5.74, 6) is 0.122. The van der Waals surface area contributed by atoms with Crippen LogP contribution in [0, 0.1) is 12.8 Å². The summed E-state index contributed by atoms with van der Waals surface area (Å²) in [5, 5.41) is 10.3. The Kier molecular flexibility index (Phi) is 5.45. The second-order valence-corrected chi connectivity index (χ2v) is 8.46. The van der Waals surface area contributed by atoms with Gasteiger partial charge in [0.25, 0.3) is 5.91 Å². The summed E-state index contributed by atoms with van der Waals surface area (Å²) in [5.41, 5.74) is 2.29. The molecule has 0 unspecified atom stereocenters. The van der Waals surface area contributed by atoms with Gasteiger partial charge < -0.3 is 10.0 Å². The summed E-state index contributed by atoms with van der Waals surface area (Å²) in [6.07, 6.45) is 1.29. The van der Waals surface area contributed by atoms with Gasteiger partial charge in [-0.3, -0.25) is 9.59 Å². The van der Waals surface area contributed by atoms with Gasteiger partial charge >= 0.3 is 0 Å². The lowest BCUT2D eigenvalue weighted by Crippen LogP contribution is -2.40. The first-order chi connectivity index (χ1) is 14.0. The van der Waals surface area contributed by atoms with E-state index in [1.165, 1.54) is 23.5 Å². The highest BCUT2D eigenvalue weighted by molar-refractivity contribution is 7.14. The number of nitrogens with zero attached hydrogens (tertiary/aromatic N) is 2. The van der Waals surface area contributed by atoms with Gasteiger partial charge in [0.15, 0.2) is 5.78 Å². The maximum Gasteiger partial charge on any atom is 0.266 e. The number of phenols is 1. The third kappa shape index (κ3) is 4.07. The molecular weight excluding hydrogens is 384 g/mol. The number of carbonyl (C=O) groups excluding carboxylic acids is 2. The third-order valence-electron chi connectivity index (χ3n) is 5.28. The molecule has 1 aliphatic heterocycles. The van der Waals surface area contributed by atoms with E-state index < -0.39 is 0 Å². The number of aromatic hydroxyl groups is 1. The van der Waals surface area contributed by atoms with Crippen molar-refractivity contribution < 1.29 is 14.7 Å². The van der Waals surface area contributed by atoms with Crippen LogP contribution < -0.4 is 0 Å². The van der Waals surface area contributed by atoms with Crippen LogP contribution in [0.2, 0.25) is 0 Å². The van der Waals surface area contributed by atoms with Gasteiger partial charge in [0.1, 0.15) is 10.6 Å². The van der Waals surface area contributed by atoms with Crippen molar-refractivity contribution in [3.63, 3.8) is 0 Å². The maximum atomic E-state index is 13.2. The number of benzene rings is 2. The normalized spacial score (nSPS) is 14.7. The molecule has 4 rings (SSSR count). The fraction of sp³-hybridized carbons (Fsp3) is 0.261. The molecule has 0 radical (unpaired) electrons.